The molecule has 1 fully saturated rings. The molecule has 2 aromatic carbocycles. The summed E-state index contributed by atoms with van der Waals surface area (Å²) in [4.78, 5) is 15.9. The van der Waals surface area contributed by atoms with E-state index in [1.807, 2.05) is 24.3 Å². The van der Waals surface area contributed by atoms with Crippen LogP contribution >= 0.6 is 0 Å². The van der Waals surface area contributed by atoms with Crippen molar-refractivity contribution in [1.82, 2.24) is 4.31 Å². The standard InChI is InChI=1S/C20H23N3O4S/c1-21-19-8-7-18(13-15(19)14-20(21)24)28(25,26)23-11-9-22(10-12-23)16-3-5-17(27-2)6-4-16/h3-8,13H,9-12,14H2,1-2H3. The van der Waals surface area contributed by atoms with Crippen molar-refractivity contribution in [3.8, 4) is 5.75 Å². The second-order valence-corrected chi connectivity index (χ2v) is 8.95. The summed E-state index contributed by atoms with van der Waals surface area (Å²) in [6.45, 7) is 2.09. The Labute approximate surface area is 165 Å². The number of benzene rings is 2. The summed E-state index contributed by atoms with van der Waals surface area (Å²) in [5, 5.41) is 0. The molecule has 0 unspecified atom stereocenters. The summed E-state index contributed by atoms with van der Waals surface area (Å²) in [6.07, 6.45) is 0.250. The number of likely N-dealkylation sites (N-methyl/N-ethyl adjacent to an activating group) is 1. The lowest BCUT2D eigenvalue weighted by Crippen LogP contribution is -2.48. The van der Waals surface area contributed by atoms with Crippen molar-refractivity contribution in [2.75, 3.05) is 50.1 Å². The van der Waals surface area contributed by atoms with Crippen molar-refractivity contribution in [2.24, 2.45) is 0 Å². The molecule has 2 heterocycles. The highest BCUT2D eigenvalue weighted by Crippen LogP contribution is 2.31. The Morgan fingerprint density at radius 1 is 0.964 bits per heavy atom. The molecule has 28 heavy (non-hydrogen) atoms. The monoisotopic (exact) mass is 401 g/mol. The number of hydrogen-bond acceptors (Lipinski definition) is 5. The average Bonchev–Trinajstić information content (AvgIpc) is 3.01. The first-order chi connectivity index (χ1) is 13.4. The van der Waals surface area contributed by atoms with Crippen LogP contribution in [-0.4, -0.2) is 59.0 Å². The summed E-state index contributed by atoms with van der Waals surface area (Å²) in [6, 6.07) is 12.7. The quantitative estimate of drug-likeness (QED) is 0.780. The maximum Gasteiger partial charge on any atom is 0.243 e. The molecular formula is C20H23N3O4S. The Morgan fingerprint density at radius 2 is 1.64 bits per heavy atom. The van der Waals surface area contributed by atoms with Crippen molar-refractivity contribution < 1.29 is 17.9 Å². The third kappa shape index (κ3) is 3.22. The molecule has 0 atom stereocenters. The second kappa shape index (κ2) is 7.10. The summed E-state index contributed by atoms with van der Waals surface area (Å²) in [7, 11) is -0.238. The van der Waals surface area contributed by atoms with Crippen LogP contribution in [0.4, 0.5) is 11.4 Å². The number of rotatable bonds is 4. The molecule has 0 aliphatic carbocycles. The van der Waals surface area contributed by atoms with Gasteiger partial charge in [-0.2, -0.15) is 4.31 Å². The fourth-order valence-corrected chi connectivity index (χ4v) is 5.21. The number of piperazine rings is 1. The highest BCUT2D eigenvalue weighted by molar-refractivity contribution is 7.89. The van der Waals surface area contributed by atoms with E-state index in [-0.39, 0.29) is 17.2 Å². The van der Waals surface area contributed by atoms with Crippen LogP contribution in [0.5, 0.6) is 5.75 Å². The maximum atomic E-state index is 13.1. The van der Waals surface area contributed by atoms with Crippen LogP contribution in [-0.2, 0) is 21.2 Å². The topological polar surface area (TPSA) is 70.2 Å². The zero-order valence-corrected chi connectivity index (χ0v) is 16.8. The number of nitrogens with zero attached hydrogens (tertiary/aromatic N) is 3. The first-order valence-corrected chi connectivity index (χ1v) is 10.6. The molecule has 2 aliphatic heterocycles. The van der Waals surface area contributed by atoms with Crippen molar-refractivity contribution in [3.63, 3.8) is 0 Å². The smallest absolute Gasteiger partial charge is 0.243 e. The van der Waals surface area contributed by atoms with Gasteiger partial charge in [0.1, 0.15) is 5.75 Å². The summed E-state index contributed by atoms with van der Waals surface area (Å²) in [5.41, 5.74) is 2.61. The molecule has 1 saturated heterocycles. The largest absolute Gasteiger partial charge is 0.497 e. The SMILES string of the molecule is COc1ccc(N2CCN(S(=O)(=O)c3ccc4c(c3)CC(=O)N4C)CC2)cc1. The minimum absolute atomic E-state index is 0.0161. The van der Waals surface area contributed by atoms with Crippen LogP contribution in [0.2, 0.25) is 0 Å². The number of anilines is 2. The van der Waals surface area contributed by atoms with Crippen molar-refractivity contribution >= 4 is 27.3 Å². The molecular weight excluding hydrogens is 378 g/mol. The number of amides is 1. The van der Waals surface area contributed by atoms with Crippen LogP contribution in [0.3, 0.4) is 0 Å². The molecule has 0 radical (unpaired) electrons. The third-order valence-electron chi connectivity index (χ3n) is 5.44. The lowest BCUT2D eigenvalue weighted by Gasteiger charge is -2.35. The van der Waals surface area contributed by atoms with Gasteiger partial charge < -0.3 is 14.5 Å². The zero-order valence-electron chi connectivity index (χ0n) is 16.0. The lowest BCUT2D eigenvalue weighted by molar-refractivity contribution is -0.117. The number of hydrogen-bond donors (Lipinski definition) is 0. The third-order valence-corrected chi connectivity index (χ3v) is 7.34. The van der Waals surface area contributed by atoms with Gasteiger partial charge in [-0.15, -0.1) is 0 Å². The Morgan fingerprint density at radius 3 is 2.29 bits per heavy atom. The average molecular weight is 401 g/mol. The van der Waals surface area contributed by atoms with Gasteiger partial charge in [-0.05, 0) is 48.0 Å². The molecule has 4 rings (SSSR count). The normalized spacial score (nSPS) is 17.7. The number of fused-ring (bicyclic) bond motifs is 1. The molecule has 8 heteroatoms. The highest BCUT2D eigenvalue weighted by Gasteiger charge is 2.31. The van der Waals surface area contributed by atoms with Crippen LogP contribution in [0.15, 0.2) is 47.4 Å². The molecule has 2 aliphatic rings. The summed E-state index contributed by atoms with van der Waals surface area (Å²) in [5.74, 6) is 0.781. The Hall–Kier alpha value is -2.58. The van der Waals surface area contributed by atoms with E-state index >= 15 is 0 Å². The van der Waals surface area contributed by atoms with Gasteiger partial charge in [-0.3, -0.25) is 4.79 Å². The van der Waals surface area contributed by atoms with Crippen molar-refractivity contribution in [1.29, 1.82) is 0 Å². The maximum absolute atomic E-state index is 13.1. The predicted molar refractivity (Wildman–Crippen MR) is 108 cm³/mol. The molecule has 148 valence electrons. The van der Waals surface area contributed by atoms with E-state index < -0.39 is 10.0 Å². The van der Waals surface area contributed by atoms with Gasteiger partial charge >= 0.3 is 0 Å². The first-order valence-electron chi connectivity index (χ1n) is 9.19. The molecule has 7 nitrogen and oxygen atoms in total. The van der Waals surface area contributed by atoms with E-state index in [1.165, 1.54) is 4.31 Å². The molecule has 0 bridgehead atoms. The van der Waals surface area contributed by atoms with Crippen molar-refractivity contribution in [2.45, 2.75) is 11.3 Å². The van der Waals surface area contributed by atoms with Crippen LogP contribution < -0.4 is 14.5 Å². The first kappa shape index (κ1) is 18.8. The fraction of sp³-hybridized carbons (Fsp3) is 0.350. The highest BCUT2D eigenvalue weighted by atomic mass is 32.2. The van der Waals surface area contributed by atoms with Gasteiger partial charge in [-0.25, -0.2) is 8.42 Å². The minimum Gasteiger partial charge on any atom is -0.497 e. The fourth-order valence-electron chi connectivity index (χ4n) is 3.74. The minimum atomic E-state index is -3.58. The number of ether oxygens (including phenoxy) is 1. The molecule has 0 saturated carbocycles. The van der Waals surface area contributed by atoms with Gasteiger partial charge in [0.25, 0.3) is 0 Å². The number of carbonyl (C=O) groups is 1. The zero-order chi connectivity index (χ0) is 19.9. The van der Waals surface area contributed by atoms with Gasteiger partial charge in [0.15, 0.2) is 0 Å². The number of carbonyl (C=O) groups excluding carboxylic acids is 1. The van der Waals surface area contributed by atoms with Gasteiger partial charge in [0.2, 0.25) is 15.9 Å². The van der Waals surface area contributed by atoms with Gasteiger partial charge in [0.05, 0.1) is 18.4 Å². The van der Waals surface area contributed by atoms with Crippen LogP contribution in [0, 0.1) is 0 Å². The molecule has 2 aromatic rings. The molecule has 0 spiro atoms. The summed E-state index contributed by atoms with van der Waals surface area (Å²) < 4.78 is 32.8. The number of methoxy groups -OCH3 is 1. The molecule has 1 amide bonds. The second-order valence-electron chi connectivity index (χ2n) is 7.01. The van der Waals surface area contributed by atoms with Crippen LogP contribution in [0.1, 0.15) is 5.56 Å². The Balaban J connectivity index is 1.48. The van der Waals surface area contributed by atoms with Gasteiger partial charge in [0, 0.05) is 44.6 Å². The predicted octanol–water partition coefficient (Wildman–Crippen LogP) is 1.72. The Kier molecular flexibility index (Phi) is 4.76. The van der Waals surface area contributed by atoms with Crippen molar-refractivity contribution in [3.05, 3.63) is 48.0 Å². The van der Waals surface area contributed by atoms with Crippen LogP contribution in [0.25, 0.3) is 0 Å². The van der Waals surface area contributed by atoms with E-state index in [0.29, 0.717) is 26.2 Å². The summed E-state index contributed by atoms with van der Waals surface area (Å²) >= 11 is 0. The van der Waals surface area contributed by atoms with E-state index in [4.69, 9.17) is 4.74 Å². The van der Waals surface area contributed by atoms with E-state index in [9.17, 15) is 13.2 Å². The van der Waals surface area contributed by atoms with Gasteiger partial charge in [-0.1, -0.05) is 0 Å². The number of sulfonamides is 1. The van der Waals surface area contributed by atoms with E-state index in [0.717, 1.165) is 22.7 Å². The van der Waals surface area contributed by atoms with E-state index in [1.54, 1.807) is 37.3 Å². The Bertz CT molecular complexity index is 997. The molecule has 0 N–H and O–H groups in total. The lowest BCUT2D eigenvalue weighted by atomic mass is 10.2. The van der Waals surface area contributed by atoms with E-state index in [2.05, 4.69) is 4.90 Å². The molecule has 0 aromatic heterocycles.